The Hall–Kier alpha value is -3.33. The summed E-state index contributed by atoms with van der Waals surface area (Å²) >= 11 is 0. The summed E-state index contributed by atoms with van der Waals surface area (Å²) in [5.41, 5.74) is 8.00. The van der Waals surface area contributed by atoms with Crippen molar-refractivity contribution in [3.05, 3.63) is 37.1 Å². The van der Waals surface area contributed by atoms with Crippen molar-refractivity contribution < 1.29 is 9.53 Å². The minimum absolute atomic E-state index is 0.0867. The summed E-state index contributed by atoms with van der Waals surface area (Å²) < 4.78 is 5.64. The van der Waals surface area contributed by atoms with Crippen LogP contribution in [0.4, 0.5) is 17.1 Å². The molecule has 0 aliphatic carbocycles. The van der Waals surface area contributed by atoms with Crippen molar-refractivity contribution in [2.45, 2.75) is 13.3 Å². The number of carbonyl (C=O) groups is 1. The van der Waals surface area contributed by atoms with Crippen molar-refractivity contribution in [3.8, 4) is 5.75 Å². The molecule has 31 heavy (non-hydrogen) atoms. The van der Waals surface area contributed by atoms with E-state index in [0.29, 0.717) is 23.0 Å². The van der Waals surface area contributed by atoms with Gasteiger partial charge in [0, 0.05) is 38.3 Å². The quantitative estimate of drug-likeness (QED) is 0.550. The van der Waals surface area contributed by atoms with E-state index in [1.807, 2.05) is 46.3 Å². The largest absolute Gasteiger partial charge is 0.494 e. The van der Waals surface area contributed by atoms with E-state index < -0.39 is 0 Å². The van der Waals surface area contributed by atoms with E-state index in [1.54, 1.807) is 13.3 Å². The van der Waals surface area contributed by atoms with Crippen LogP contribution in [0.2, 0.25) is 0 Å². The highest BCUT2D eigenvalue weighted by Gasteiger charge is 2.19. The number of nitrogens with one attached hydrogen (secondary N) is 2. The number of carbonyl (C=O) groups excluding carboxylic acids is 1. The number of hydrogen-bond acceptors (Lipinski definition) is 8. The lowest BCUT2D eigenvalue weighted by molar-refractivity contribution is -0.111. The maximum Gasteiger partial charge on any atom is 0.247 e. The molecule has 1 unspecified atom stereocenters. The Morgan fingerprint density at radius 1 is 1.32 bits per heavy atom. The molecule has 0 bridgehead atoms. The number of methoxy groups -OCH3 is 1. The van der Waals surface area contributed by atoms with Crippen LogP contribution in [0.1, 0.15) is 13.3 Å². The molecule has 0 aromatic heterocycles. The number of amidine groups is 1. The maximum absolute atomic E-state index is 12.1. The standard InChI is InChI=1S/C22H33N7O2/c1-7-20(30)25-16-13-17(26-21-15(2)9-8-10-24-22(23)27-21)19(31-6)14-18(16)29(5)12-11-28(3)4/h7-8,10,13-15H,1,9,11-12H2,2-6H3,(H,25,30)(H3,23,24,26,27)/b10-8+. The SMILES string of the molecule is C=CC(=O)Nc1cc(NC2=NC(N)=N/C=C/CC2C)c(OC)cc1N(C)CCN(C)C. The number of guanidine groups is 1. The lowest BCUT2D eigenvalue weighted by atomic mass is 10.1. The number of benzene rings is 1. The number of rotatable bonds is 8. The van der Waals surface area contributed by atoms with Crippen LogP contribution >= 0.6 is 0 Å². The van der Waals surface area contributed by atoms with Crippen LogP contribution in [0, 0.1) is 5.92 Å². The van der Waals surface area contributed by atoms with Crippen LogP contribution in [-0.2, 0) is 4.79 Å². The predicted octanol–water partition coefficient (Wildman–Crippen LogP) is 2.50. The van der Waals surface area contributed by atoms with Gasteiger partial charge in [0.05, 0.1) is 24.2 Å². The Balaban J connectivity index is 2.47. The topological polar surface area (TPSA) is 108 Å². The highest BCUT2D eigenvalue weighted by atomic mass is 16.5. The number of hydrogen-bond donors (Lipinski definition) is 3. The molecule has 1 aliphatic rings. The fourth-order valence-corrected chi connectivity index (χ4v) is 2.96. The summed E-state index contributed by atoms with van der Waals surface area (Å²) in [4.78, 5) is 24.7. The van der Waals surface area contributed by atoms with E-state index in [4.69, 9.17) is 10.5 Å². The van der Waals surface area contributed by atoms with Crippen LogP contribution in [0.5, 0.6) is 5.75 Å². The molecular formula is C22H33N7O2. The molecule has 0 saturated heterocycles. The molecular weight excluding hydrogens is 394 g/mol. The lowest BCUT2D eigenvalue weighted by Crippen LogP contribution is -2.29. The molecule has 1 aliphatic heterocycles. The number of allylic oxidation sites excluding steroid dienone is 1. The second-order valence-electron chi connectivity index (χ2n) is 7.62. The monoisotopic (exact) mass is 427 g/mol. The van der Waals surface area contributed by atoms with Gasteiger partial charge in [-0.1, -0.05) is 19.6 Å². The van der Waals surface area contributed by atoms with E-state index in [0.717, 1.165) is 25.2 Å². The smallest absolute Gasteiger partial charge is 0.247 e. The molecule has 0 spiro atoms. The maximum atomic E-state index is 12.1. The second-order valence-corrected chi connectivity index (χ2v) is 7.62. The molecule has 1 aromatic rings. The molecule has 168 valence electrons. The van der Waals surface area contributed by atoms with Crippen LogP contribution in [0.25, 0.3) is 0 Å². The number of nitrogens with two attached hydrogens (primary N) is 1. The fraction of sp³-hybridized carbons (Fsp3) is 0.409. The van der Waals surface area contributed by atoms with Crippen molar-refractivity contribution in [1.82, 2.24) is 4.90 Å². The number of likely N-dealkylation sites (N-methyl/N-ethyl adjacent to an activating group) is 2. The van der Waals surface area contributed by atoms with Gasteiger partial charge in [-0.05, 0) is 32.7 Å². The minimum Gasteiger partial charge on any atom is -0.494 e. The molecule has 1 atom stereocenters. The first-order chi connectivity index (χ1) is 14.7. The first kappa shape index (κ1) is 23.9. The van der Waals surface area contributed by atoms with Crippen LogP contribution in [-0.4, -0.2) is 63.9 Å². The summed E-state index contributed by atoms with van der Waals surface area (Å²) in [5.74, 6) is 1.25. The number of ether oxygens (including phenoxy) is 1. The number of amides is 1. The molecule has 1 amide bonds. The highest BCUT2D eigenvalue weighted by molar-refractivity contribution is 6.07. The molecule has 1 aromatic carbocycles. The van der Waals surface area contributed by atoms with Gasteiger partial charge < -0.3 is 30.9 Å². The first-order valence-corrected chi connectivity index (χ1v) is 10.1. The van der Waals surface area contributed by atoms with Gasteiger partial charge in [-0.25, -0.2) is 4.99 Å². The number of anilines is 3. The predicted molar refractivity (Wildman–Crippen MR) is 129 cm³/mol. The zero-order chi connectivity index (χ0) is 23.0. The molecule has 9 heteroatoms. The van der Waals surface area contributed by atoms with Gasteiger partial charge in [0.25, 0.3) is 0 Å². The molecule has 1 heterocycles. The Morgan fingerprint density at radius 3 is 2.71 bits per heavy atom. The van der Waals surface area contributed by atoms with Gasteiger partial charge in [0.15, 0.2) is 0 Å². The van der Waals surface area contributed by atoms with Gasteiger partial charge >= 0.3 is 0 Å². The third-order valence-corrected chi connectivity index (χ3v) is 4.82. The molecule has 9 nitrogen and oxygen atoms in total. The first-order valence-electron chi connectivity index (χ1n) is 10.1. The van der Waals surface area contributed by atoms with E-state index >= 15 is 0 Å². The zero-order valence-corrected chi connectivity index (χ0v) is 19.0. The summed E-state index contributed by atoms with van der Waals surface area (Å²) in [6, 6.07) is 3.72. The highest BCUT2D eigenvalue weighted by Crippen LogP contribution is 2.37. The normalized spacial score (nSPS) is 17.0. The Morgan fingerprint density at radius 2 is 2.06 bits per heavy atom. The van der Waals surface area contributed by atoms with Crippen LogP contribution in [0.15, 0.2) is 47.0 Å². The van der Waals surface area contributed by atoms with Crippen LogP contribution < -0.4 is 26.0 Å². The van der Waals surface area contributed by atoms with Gasteiger partial charge in [-0.2, -0.15) is 4.99 Å². The van der Waals surface area contributed by atoms with Crippen molar-refractivity contribution >= 4 is 34.8 Å². The van der Waals surface area contributed by atoms with Crippen molar-refractivity contribution in [2.75, 3.05) is 56.9 Å². The van der Waals surface area contributed by atoms with Gasteiger partial charge in [-0.15, -0.1) is 0 Å². The van der Waals surface area contributed by atoms with E-state index in [1.165, 1.54) is 6.08 Å². The summed E-state index contributed by atoms with van der Waals surface area (Å²) in [6.45, 7) is 7.22. The molecule has 0 fully saturated rings. The number of aliphatic imine (C=N–C) groups is 2. The second kappa shape index (κ2) is 11.2. The third-order valence-electron chi connectivity index (χ3n) is 4.82. The van der Waals surface area contributed by atoms with Crippen molar-refractivity contribution in [2.24, 2.45) is 21.6 Å². The van der Waals surface area contributed by atoms with Gasteiger partial charge in [0.2, 0.25) is 11.9 Å². The molecule has 0 radical (unpaired) electrons. The minimum atomic E-state index is -0.295. The third kappa shape index (κ3) is 6.85. The van der Waals surface area contributed by atoms with Gasteiger partial charge in [-0.3, -0.25) is 4.79 Å². The lowest BCUT2D eigenvalue weighted by Gasteiger charge is -2.26. The average Bonchev–Trinajstić information content (AvgIpc) is 2.73. The van der Waals surface area contributed by atoms with Gasteiger partial charge in [0.1, 0.15) is 11.6 Å². The van der Waals surface area contributed by atoms with E-state index in [2.05, 4.69) is 37.0 Å². The van der Waals surface area contributed by atoms with E-state index in [-0.39, 0.29) is 17.8 Å². The Bertz CT molecular complexity index is 890. The van der Waals surface area contributed by atoms with Crippen LogP contribution in [0.3, 0.4) is 0 Å². The van der Waals surface area contributed by atoms with Crippen molar-refractivity contribution in [1.29, 1.82) is 0 Å². The molecule has 4 N–H and O–H groups in total. The fourth-order valence-electron chi connectivity index (χ4n) is 2.96. The summed E-state index contributed by atoms with van der Waals surface area (Å²) in [5, 5.41) is 6.22. The molecule has 2 rings (SSSR count). The van der Waals surface area contributed by atoms with E-state index in [9.17, 15) is 4.79 Å². The zero-order valence-electron chi connectivity index (χ0n) is 19.0. The Kier molecular flexibility index (Phi) is 8.63. The van der Waals surface area contributed by atoms with Crippen molar-refractivity contribution in [3.63, 3.8) is 0 Å². The molecule has 0 saturated carbocycles. The summed E-state index contributed by atoms with van der Waals surface area (Å²) in [7, 11) is 7.61. The number of nitrogens with zero attached hydrogens (tertiary/aromatic N) is 4. The summed E-state index contributed by atoms with van der Waals surface area (Å²) in [6.07, 6.45) is 5.61. The Labute approximate surface area is 184 Å². The average molecular weight is 428 g/mol.